The van der Waals surface area contributed by atoms with Gasteiger partial charge in [0.15, 0.2) is 0 Å². The second-order valence-corrected chi connectivity index (χ2v) is 18.8. The predicted molar refractivity (Wildman–Crippen MR) is 316 cm³/mol. The largest absolute Gasteiger partial charge is 0.311 e. The highest BCUT2D eigenvalue weighted by Gasteiger charge is 2.18. The fourth-order valence-corrected chi connectivity index (χ4v) is 10.2. The van der Waals surface area contributed by atoms with Crippen LogP contribution in [0, 0.1) is 5.92 Å². The van der Waals surface area contributed by atoms with Gasteiger partial charge in [0, 0.05) is 33.5 Å². The Hall–Kier alpha value is -9.24. The maximum Gasteiger partial charge on any atom is 0.0541 e. The van der Waals surface area contributed by atoms with E-state index in [1.165, 1.54) is 93.5 Å². The standard InChI is InChI=1S/C62H42N2.C9H14/c1-4-16-46(17-5-1)61-54-23-10-12-25-56(54)62(57-26-13-11-24-55(57)61)47-30-28-43(29-31-47)44-32-37-51(38-33-44)63(49-18-6-2-7-19-49)52-39-34-45(35-40-52)48-36-41-60-58(42-48)53-22-14-15-27-59(53)64(60)50-20-8-3-9-21-50;1-5-6-7-9(4)8(2)3/h1-42H;5-8H,1,4H2,2-3H3/b;7-6-. The first kappa shape index (κ1) is 46.2. The number of allylic oxidation sites excluding steroid dienone is 4. The SMILES string of the molecule is C=C/C=C\C(=C)C(C)C.c1ccc(-c2c3ccccc3c(-c3ccc(-c4ccc(N(c5ccccc5)c5ccc(-c6ccc7c(c6)c6ccccc6n7-c6ccccc6)cc5)cc4)cc3)c3ccccc23)cc1. The first-order valence-corrected chi connectivity index (χ1v) is 25.2. The van der Waals surface area contributed by atoms with Crippen LogP contribution >= 0.6 is 0 Å². The van der Waals surface area contributed by atoms with Gasteiger partial charge in [0.2, 0.25) is 0 Å². The lowest BCUT2D eigenvalue weighted by molar-refractivity contribution is 0.795. The lowest BCUT2D eigenvalue weighted by atomic mass is 9.86. The monoisotopic (exact) mass is 936 g/mol. The number of benzene rings is 11. The Kier molecular flexibility index (Phi) is 13.0. The quantitative estimate of drug-likeness (QED) is 0.0927. The summed E-state index contributed by atoms with van der Waals surface area (Å²) in [7, 11) is 0. The Morgan fingerprint density at radius 3 is 1.29 bits per heavy atom. The van der Waals surface area contributed by atoms with Gasteiger partial charge in [-0.15, -0.1) is 0 Å². The van der Waals surface area contributed by atoms with E-state index in [9.17, 15) is 0 Å². The molecular weight excluding hydrogens is 881 g/mol. The first-order chi connectivity index (χ1) is 35.9. The van der Waals surface area contributed by atoms with Gasteiger partial charge in [0.25, 0.3) is 0 Å². The molecule has 12 rings (SSSR count). The molecule has 0 fully saturated rings. The number of nitrogens with zero attached hydrogens (tertiary/aromatic N) is 2. The molecule has 12 aromatic rings. The lowest BCUT2D eigenvalue weighted by Gasteiger charge is -2.26. The Bertz CT molecular complexity index is 3860. The maximum absolute atomic E-state index is 3.86. The van der Waals surface area contributed by atoms with Gasteiger partial charge in [-0.25, -0.2) is 0 Å². The molecule has 1 aromatic heterocycles. The van der Waals surface area contributed by atoms with Gasteiger partial charge in [0.05, 0.1) is 11.0 Å². The third-order valence-corrected chi connectivity index (χ3v) is 14.0. The molecule has 2 heteroatoms. The van der Waals surface area contributed by atoms with E-state index in [-0.39, 0.29) is 0 Å². The van der Waals surface area contributed by atoms with E-state index in [2.05, 4.69) is 291 Å². The summed E-state index contributed by atoms with van der Waals surface area (Å²) in [4.78, 5) is 2.34. The molecule has 0 aliphatic carbocycles. The molecule has 0 atom stereocenters. The minimum atomic E-state index is 0.543. The molecule has 350 valence electrons. The van der Waals surface area contributed by atoms with E-state index >= 15 is 0 Å². The van der Waals surface area contributed by atoms with Crippen molar-refractivity contribution < 1.29 is 0 Å². The van der Waals surface area contributed by atoms with Crippen LogP contribution in [0.5, 0.6) is 0 Å². The highest BCUT2D eigenvalue weighted by molar-refractivity contribution is 6.21. The Morgan fingerprint density at radius 2 is 0.767 bits per heavy atom. The molecule has 0 N–H and O–H groups in total. The van der Waals surface area contributed by atoms with Gasteiger partial charge in [-0.1, -0.05) is 239 Å². The van der Waals surface area contributed by atoms with Crippen LogP contribution in [0.3, 0.4) is 0 Å². The number of hydrogen-bond acceptors (Lipinski definition) is 1. The van der Waals surface area contributed by atoms with Gasteiger partial charge in [-0.3, -0.25) is 0 Å². The van der Waals surface area contributed by atoms with Gasteiger partial charge < -0.3 is 9.47 Å². The minimum absolute atomic E-state index is 0.543. The Morgan fingerprint density at radius 1 is 0.384 bits per heavy atom. The molecule has 73 heavy (non-hydrogen) atoms. The van der Waals surface area contributed by atoms with Gasteiger partial charge >= 0.3 is 0 Å². The van der Waals surface area contributed by atoms with Crippen molar-refractivity contribution in [2.45, 2.75) is 13.8 Å². The van der Waals surface area contributed by atoms with Crippen LogP contribution in [0.15, 0.2) is 292 Å². The van der Waals surface area contributed by atoms with Crippen LogP contribution in [0.2, 0.25) is 0 Å². The van der Waals surface area contributed by atoms with E-state index in [1.54, 1.807) is 6.08 Å². The molecular formula is C71H56N2. The number of hydrogen-bond donors (Lipinski definition) is 0. The molecule has 11 aromatic carbocycles. The fourth-order valence-electron chi connectivity index (χ4n) is 10.2. The van der Waals surface area contributed by atoms with Gasteiger partial charge in [-0.2, -0.15) is 0 Å². The summed E-state index contributed by atoms with van der Waals surface area (Å²) < 4.78 is 2.37. The zero-order chi connectivity index (χ0) is 49.7. The fraction of sp³-hybridized carbons (Fsp3) is 0.0423. The van der Waals surface area contributed by atoms with Gasteiger partial charge in [-0.05, 0) is 139 Å². The van der Waals surface area contributed by atoms with Crippen LogP contribution in [0.25, 0.3) is 93.5 Å². The molecule has 0 saturated carbocycles. The average molecular weight is 937 g/mol. The molecule has 0 amide bonds. The number of rotatable bonds is 11. The topological polar surface area (TPSA) is 8.17 Å². The average Bonchev–Trinajstić information content (AvgIpc) is 3.79. The molecule has 0 bridgehead atoms. The molecule has 0 aliphatic heterocycles. The van der Waals surface area contributed by atoms with Crippen molar-refractivity contribution in [1.82, 2.24) is 4.57 Å². The summed E-state index contributed by atoms with van der Waals surface area (Å²) in [5.74, 6) is 0.543. The second kappa shape index (κ2) is 20.6. The zero-order valence-electron chi connectivity index (χ0n) is 41.4. The molecule has 1 heterocycles. The van der Waals surface area contributed by atoms with Crippen LogP contribution in [-0.2, 0) is 0 Å². The van der Waals surface area contributed by atoms with E-state index in [0.29, 0.717) is 5.92 Å². The van der Waals surface area contributed by atoms with Crippen molar-refractivity contribution in [3.8, 4) is 50.2 Å². The van der Waals surface area contributed by atoms with Crippen LogP contribution < -0.4 is 4.90 Å². The van der Waals surface area contributed by atoms with Crippen LogP contribution in [0.4, 0.5) is 17.1 Å². The Balaban J connectivity index is 0.000000585. The van der Waals surface area contributed by atoms with E-state index in [1.807, 2.05) is 12.2 Å². The van der Waals surface area contributed by atoms with E-state index in [0.717, 1.165) is 22.6 Å². The van der Waals surface area contributed by atoms with Crippen molar-refractivity contribution in [2.75, 3.05) is 4.90 Å². The summed E-state index contributed by atoms with van der Waals surface area (Å²) in [5.41, 5.74) is 17.8. The maximum atomic E-state index is 3.86. The zero-order valence-corrected chi connectivity index (χ0v) is 41.4. The van der Waals surface area contributed by atoms with Crippen LogP contribution in [0.1, 0.15) is 13.8 Å². The highest BCUT2D eigenvalue weighted by Crippen LogP contribution is 2.44. The molecule has 0 unspecified atom stereocenters. The van der Waals surface area contributed by atoms with E-state index in [4.69, 9.17) is 0 Å². The molecule has 0 saturated heterocycles. The minimum Gasteiger partial charge on any atom is -0.311 e. The summed E-state index contributed by atoms with van der Waals surface area (Å²) >= 11 is 0. The molecule has 0 aliphatic rings. The molecule has 0 spiro atoms. The molecule has 2 nitrogen and oxygen atoms in total. The van der Waals surface area contributed by atoms with Crippen molar-refractivity contribution >= 4 is 60.4 Å². The predicted octanol–water partition coefficient (Wildman–Crippen LogP) is 20.2. The summed E-state index contributed by atoms with van der Waals surface area (Å²) in [6, 6.07) is 92.4. The highest BCUT2D eigenvalue weighted by atomic mass is 15.1. The molecule has 0 radical (unpaired) electrons. The third-order valence-electron chi connectivity index (χ3n) is 14.0. The lowest BCUT2D eigenvalue weighted by Crippen LogP contribution is -2.09. The normalized spacial score (nSPS) is 11.3. The second-order valence-electron chi connectivity index (χ2n) is 18.8. The number of fused-ring (bicyclic) bond motifs is 5. The summed E-state index contributed by atoms with van der Waals surface area (Å²) in [6.07, 6.45) is 5.65. The van der Waals surface area contributed by atoms with Crippen molar-refractivity contribution in [3.05, 3.63) is 292 Å². The smallest absolute Gasteiger partial charge is 0.0541 e. The first-order valence-electron chi connectivity index (χ1n) is 25.2. The number of aromatic nitrogens is 1. The van der Waals surface area contributed by atoms with Crippen molar-refractivity contribution in [2.24, 2.45) is 5.92 Å². The number of para-hydroxylation sites is 3. The van der Waals surface area contributed by atoms with Gasteiger partial charge in [0.1, 0.15) is 0 Å². The number of anilines is 3. The van der Waals surface area contributed by atoms with E-state index < -0.39 is 0 Å². The van der Waals surface area contributed by atoms with Crippen molar-refractivity contribution in [3.63, 3.8) is 0 Å². The Labute approximate surface area is 429 Å². The van der Waals surface area contributed by atoms with Crippen molar-refractivity contribution in [1.29, 1.82) is 0 Å². The van der Waals surface area contributed by atoms with Crippen LogP contribution in [-0.4, -0.2) is 4.57 Å². The summed E-state index contributed by atoms with van der Waals surface area (Å²) in [5, 5.41) is 7.57. The summed E-state index contributed by atoms with van der Waals surface area (Å²) in [6.45, 7) is 11.7. The third kappa shape index (κ3) is 9.19.